The van der Waals surface area contributed by atoms with E-state index in [4.69, 9.17) is 5.11 Å². The standard InChI is InChI=1S/C8H10F2O2/c1-8(2)4(3-5(9)10)6(8)7(11)12/h3-4,6H,1-2H3,(H,11,12). The van der Waals surface area contributed by atoms with Crippen LogP contribution in [0.3, 0.4) is 0 Å². The summed E-state index contributed by atoms with van der Waals surface area (Å²) in [5, 5.41) is 8.60. The van der Waals surface area contributed by atoms with Crippen LogP contribution in [0, 0.1) is 17.3 Å². The van der Waals surface area contributed by atoms with E-state index in [1.807, 2.05) is 0 Å². The number of hydrogen-bond acceptors (Lipinski definition) is 1. The SMILES string of the molecule is CC1(C)C(C=C(F)F)C1C(=O)O. The van der Waals surface area contributed by atoms with Gasteiger partial charge in [-0.05, 0) is 11.5 Å². The van der Waals surface area contributed by atoms with Gasteiger partial charge in [0, 0.05) is 5.92 Å². The van der Waals surface area contributed by atoms with E-state index in [1.165, 1.54) is 0 Å². The predicted molar refractivity (Wildman–Crippen MR) is 38.7 cm³/mol. The highest BCUT2D eigenvalue weighted by molar-refractivity contribution is 5.76. The third kappa shape index (κ3) is 1.33. The van der Waals surface area contributed by atoms with Crippen molar-refractivity contribution in [2.24, 2.45) is 17.3 Å². The lowest BCUT2D eigenvalue weighted by Crippen LogP contribution is -2.02. The fourth-order valence-electron chi connectivity index (χ4n) is 1.60. The number of halogens is 2. The molecule has 1 fully saturated rings. The highest BCUT2D eigenvalue weighted by atomic mass is 19.3. The number of carboxylic acids is 1. The maximum absolute atomic E-state index is 11.8. The molecule has 0 spiro atoms. The van der Waals surface area contributed by atoms with Gasteiger partial charge >= 0.3 is 5.97 Å². The molecule has 1 N–H and O–H groups in total. The quantitative estimate of drug-likeness (QED) is 0.699. The van der Waals surface area contributed by atoms with Crippen LogP contribution in [0.5, 0.6) is 0 Å². The highest BCUT2D eigenvalue weighted by Gasteiger charge is 2.61. The summed E-state index contributed by atoms with van der Waals surface area (Å²) in [5.74, 6) is -2.17. The average Bonchev–Trinajstić information content (AvgIpc) is 2.32. The van der Waals surface area contributed by atoms with Gasteiger partial charge in [-0.25, -0.2) is 0 Å². The third-order valence-corrected chi connectivity index (χ3v) is 2.48. The Labute approximate surface area is 68.9 Å². The topological polar surface area (TPSA) is 37.3 Å². The van der Waals surface area contributed by atoms with Crippen LogP contribution < -0.4 is 0 Å². The van der Waals surface area contributed by atoms with Crippen molar-refractivity contribution >= 4 is 5.97 Å². The van der Waals surface area contributed by atoms with Crippen molar-refractivity contribution in [1.29, 1.82) is 0 Å². The van der Waals surface area contributed by atoms with Crippen LogP contribution in [0.2, 0.25) is 0 Å². The Morgan fingerprint density at radius 1 is 1.50 bits per heavy atom. The molecule has 0 heterocycles. The van der Waals surface area contributed by atoms with Gasteiger partial charge in [0.1, 0.15) is 0 Å². The van der Waals surface area contributed by atoms with Crippen molar-refractivity contribution in [3.63, 3.8) is 0 Å². The zero-order chi connectivity index (χ0) is 9.52. The van der Waals surface area contributed by atoms with Gasteiger partial charge in [0.15, 0.2) is 0 Å². The maximum atomic E-state index is 11.8. The average molecular weight is 176 g/mol. The van der Waals surface area contributed by atoms with Crippen LogP contribution in [-0.2, 0) is 4.79 Å². The molecule has 1 saturated carbocycles. The van der Waals surface area contributed by atoms with Gasteiger partial charge in [-0.3, -0.25) is 4.79 Å². The van der Waals surface area contributed by atoms with Crippen LogP contribution in [0.4, 0.5) is 8.78 Å². The minimum Gasteiger partial charge on any atom is -0.481 e. The number of carbonyl (C=O) groups is 1. The van der Waals surface area contributed by atoms with Gasteiger partial charge in [-0.2, -0.15) is 8.78 Å². The minimum absolute atomic E-state index is 0.514. The molecule has 1 rings (SSSR count). The van der Waals surface area contributed by atoms with Crippen molar-refractivity contribution in [3.05, 3.63) is 12.2 Å². The first-order chi connectivity index (χ1) is 5.37. The molecule has 2 unspecified atom stereocenters. The summed E-state index contributed by atoms with van der Waals surface area (Å²) in [4.78, 5) is 10.5. The monoisotopic (exact) mass is 176 g/mol. The van der Waals surface area contributed by atoms with Crippen LogP contribution in [0.15, 0.2) is 12.2 Å². The van der Waals surface area contributed by atoms with Crippen LogP contribution in [0.1, 0.15) is 13.8 Å². The molecule has 0 radical (unpaired) electrons. The van der Waals surface area contributed by atoms with Crippen molar-refractivity contribution in [2.45, 2.75) is 13.8 Å². The summed E-state index contributed by atoms with van der Waals surface area (Å²) in [6, 6.07) is 0. The van der Waals surface area contributed by atoms with E-state index in [2.05, 4.69) is 0 Å². The van der Waals surface area contributed by atoms with Crippen molar-refractivity contribution < 1.29 is 18.7 Å². The molecular weight excluding hydrogens is 166 g/mol. The first-order valence-corrected chi connectivity index (χ1v) is 3.63. The summed E-state index contributed by atoms with van der Waals surface area (Å²) >= 11 is 0. The first-order valence-electron chi connectivity index (χ1n) is 3.63. The smallest absolute Gasteiger partial charge is 0.307 e. The Balaban J connectivity index is 2.73. The van der Waals surface area contributed by atoms with Crippen molar-refractivity contribution in [2.75, 3.05) is 0 Å². The molecular formula is C8H10F2O2. The van der Waals surface area contributed by atoms with Crippen LogP contribution in [-0.4, -0.2) is 11.1 Å². The Morgan fingerprint density at radius 3 is 2.25 bits per heavy atom. The lowest BCUT2D eigenvalue weighted by atomic mass is 10.1. The zero-order valence-electron chi connectivity index (χ0n) is 6.84. The summed E-state index contributed by atoms with van der Waals surface area (Å²) in [6.45, 7) is 3.35. The number of allylic oxidation sites excluding steroid dienone is 1. The van der Waals surface area contributed by atoms with Crippen LogP contribution in [0.25, 0.3) is 0 Å². The van der Waals surface area contributed by atoms with Gasteiger partial charge in [-0.15, -0.1) is 0 Å². The van der Waals surface area contributed by atoms with E-state index in [0.717, 1.165) is 6.08 Å². The van der Waals surface area contributed by atoms with Crippen molar-refractivity contribution in [3.8, 4) is 0 Å². The first kappa shape index (κ1) is 9.16. The van der Waals surface area contributed by atoms with E-state index >= 15 is 0 Å². The fourth-order valence-corrected chi connectivity index (χ4v) is 1.60. The fraction of sp³-hybridized carbons (Fsp3) is 0.625. The molecule has 68 valence electrons. The minimum atomic E-state index is -1.79. The Kier molecular flexibility index (Phi) is 1.94. The van der Waals surface area contributed by atoms with E-state index in [9.17, 15) is 13.6 Å². The summed E-state index contributed by atoms with van der Waals surface area (Å²) in [5.41, 5.74) is -0.519. The maximum Gasteiger partial charge on any atom is 0.307 e. The molecule has 0 aliphatic heterocycles. The molecule has 1 aliphatic carbocycles. The lowest BCUT2D eigenvalue weighted by molar-refractivity contribution is -0.139. The number of aliphatic carboxylic acids is 1. The zero-order valence-corrected chi connectivity index (χ0v) is 6.84. The molecule has 2 nitrogen and oxygen atoms in total. The summed E-state index contributed by atoms with van der Waals surface area (Å²) in [6.07, 6.45) is -1.06. The number of rotatable bonds is 2. The number of hydrogen-bond donors (Lipinski definition) is 1. The molecule has 4 heteroatoms. The van der Waals surface area contributed by atoms with Gasteiger partial charge in [-0.1, -0.05) is 13.8 Å². The Hall–Kier alpha value is -0.930. The molecule has 0 saturated heterocycles. The Bertz CT molecular complexity index is 241. The molecule has 0 aromatic carbocycles. The molecule has 2 atom stereocenters. The van der Waals surface area contributed by atoms with Gasteiger partial charge < -0.3 is 5.11 Å². The molecule has 0 bridgehead atoms. The molecule has 0 amide bonds. The van der Waals surface area contributed by atoms with Gasteiger partial charge in [0.05, 0.1) is 5.92 Å². The van der Waals surface area contributed by atoms with E-state index in [0.29, 0.717) is 0 Å². The summed E-state index contributed by atoms with van der Waals surface area (Å²) < 4.78 is 23.5. The molecule has 1 aliphatic rings. The lowest BCUT2D eigenvalue weighted by Gasteiger charge is -1.95. The number of carboxylic acid groups (broad SMARTS) is 1. The second kappa shape index (κ2) is 2.54. The van der Waals surface area contributed by atoms with Gasteiger partial charge in [0.25, 0.3) is 6.08 Å². The highest BCUT2D eigenvalue weighted by Crippen LogP contribution is 2.59. The Morgan fingerprint density at radius 2 is 2.00 bits per heavy atom. The molecule has 12 heavy (non-hydrogen) atoms. The largest absolute Gasteiger partial charge is 0.481 e. The predicted octanol–water partition coefficient (Wildman–Crippen LogP) is 2.12. The van der Waals surface area contributed by atoms with Crippen LogP contribution >= 0.6 is 0 Å². The molecule has 0 aromatic rings. The van der Waals surface area contributed by atoms with E-state index < -0.39 is 29.3 Å². The second-order valence-corrected chi connectivity index (χ2v) is 3.62. The second-order valence-electron chi connectivity index (χ2n) is 3.62. The third-order valence-electron chi connectivity index (χ3n) is 2.48. The summed E-state index contributed by atoms with van der Waals surface area (Å²) in [7, 11) is 0. The van der Waals surface area contributed by atoms with E-state index in [1.54, 1.807) is 13.8 Å². The van der Waals surface area contributed by atoms with E-state index in [-0.39, 0.29) is 0 Å². The normalized spacial score (nSPS) is 31.0. The van der Waals surface area contributed by atoms with Gasteiger partial charge in [0.2, 0.25) is 0 Å². The molecule has 0 aromatic heterocycles. The van der Waals surface area contributed by atoms with Crippen molar-refractivity contribution in [1.82, 2.24) is 0 Å².